The molecule has 2 rings (SSSR count). The number of hydrogen-bond donors (Lipinski definition) is 3. The van der Waals surface area contributed by atoms with Crippen LogP contribution in [0, 0.1) is 0 Å². The summed E-state index contributed by atoms with van der Waals surface area (Å²) in [6.45, 7) is 2.17. The number of alkyl halides is 3. The quantitative estimate of drug-likeness (QED) is 0.799. The Morgan fingerprint density at radius 1 is 1.38 bits per heavy atom. The van der Waals surface area contributed by atoms with E-state index in [-0.39, 0.29) is 5.56 Å². The number of aromatic nitrogens is 3. The van der Waals surface area contributed by atoms with E-state index >= 15 is 0 Å². The lowest BCUT2D eigenvalue weighted by Crippen LogP contribution is -2.57. The van der Waals surface area contributed by atoms with Crippen molar-refractivity contribution >= 4 is 16.9 Å². The minimum atomic E-state index is -4.84. The van der Waals surface area contributed by atoms with Crippen molar-refractivity contribution in [2.45, 2.75) is 31.7 Å². The highest BCUT2D eigenvalue weighted by Crippen LogP contribution is 2.28. The van der Waals surface area contributed by atoms with E-state index in [0.29, 0.717) is 11.0 Å². The van der Waals surface area contributed by atoms with E-state index in [0.717, 1.165) is 13.8 Å². The van der Waals surface area contributed by atoms with Gasteiger partial charge in [0.2, 0.25) is 0 Å². The summed E-state index contributed by atoms with van der Waals surface area (Å²) in [4.78, 5) is 22.6. The third-order valence-corrected chi connectivity index (χ3v) is 3.01. The number of aromatic amines is 1. The maximum Gasteiger partial charge on any atom is 0.416 e. The number of carbonyl (C=O) groups excluding carboxylic acids is 1. The van der Waals surface area contributed by atoms with Gasteiger partial charge in [-0.2, -0.15) is 13.2 Å². The molecule has 1 amide bonds. The molecule has 1 unspecified atom stereocenters. The van der Waals surface area contributed by atoms with Crippen LogP contribution in [-0.2, 0) is 0 Å². The number of nitrogens with one attached hydrogen (secondary N) is 2. The lowest BCUT2D eigenvalue weighted by atomic mass is 9.96. The van der Waals surface area contributed by atoms with Crippen molar-refractivity contribution < 1.29 is 23.1 Å². The van der Waals surface area contributed by atoms with Gasteiger partial charge < -0.3 is 15.4 Å². The summed E-state index contributed by atoms with van der Waals surface area (Å²) in [5.74, 6) is -0.798. The average molecular weight is 302 g/mol. The topological polar surface area (TPSA) is 90.9 Å². The molecular weight excluding hydrogens is 289 g/mol. The molecule has 0 aliphatic rings. The maximum absolute atomic E-state index is 12.6. The number of rotatable bonds is 3. The number of nitrogens with zero attached hydrogens (tertiary/aromatic N) is 2. The molecule has 114 valence electrons. The number of carbonyl (C=O) groups is 1. The van der Waals surface area contributed by atoms with Crippen molar-refractivity contribution in [1.82, 2.24) is 20.3 Å². The normalized spacial score (nSPS) is 14.2. The second-order valence-corrected chi connectivity index (χ2v) is 5.11. The maximum atomic E-state index is 12.6. The van der Waals surface area contributed by atoms with Crippen LogP contribution in [0.2, 0.25) is 0 Å². The number of halogens is 3. The van der Waals surface area contributed by atoms with Gasteiger partial charge in [0, 0.05) is 6.20 Å². The second-order valence-electron chi connectivity index (χ2n) is 5.11. The summed E-state index contributed by atoms with van der Waals surface area (Å²) in [5, 5.41) is 11.5. The van der Waals surface area contributed by atoms with E-state index in [4.69, 9.17) is 0 Å². The molecule has 0 fully saturated rings. The Hall–Kier alpha value is -2.16. The van der Waals surface area contributed by atoms with Crippen LogP contribution in [-0.4, -0.2) is 43.8 Å². The van der Waals surface area contributed by atoms with Crippen molar-refractivity contribution in [2.24, 2.45) is 0 Å². The van der Waals surface area contributed by atoms with Gasteiger partial charge in [0.25, 0.3) is 5.91 Å². The van der Waals surface area contributed by atoms with Gasteiger partial charge in [0.05, 0.1) is 29.1 Å². The summed E-state index contributed by atoms with van der Waals surface area (Å²) in [6.07, 6.45) is -3.55. The average Bonchev–Trinajstić information content (AvgIpc) is 2.83. The van der Waals surface area contributed by atoms with Gasteiger partial charge in [0.15, 0.2) is 6.10 Å². The number of pyridine rings is 1. The van der Waals surface area contributed by atoms with Gasteiger partial charge in [-0.15, -0.1) is 0 Å². The summed E-state index contributed by atoms with van der Waals surface area (Å²) >= 11 is 0. The summed E-state index contributed by atoms with van der Waals surface area (Å²) in [5.41, 5.74) is -1.10. The molecule has 2 heterocycles. The van der Waals surface area contributed by atoms with Gasteiger partial charge in [-0.1, -0.05) is 0 Å². The van der Waals surface area contributed by atoms with Crippen molar-refractivity contribution in [3.63, 3.8) is 0 Å². The number of fused-ring (bicyclic) bond motifs is 1. The van der Waals surface area contributed by atoms with Crippen molar-refractivity contribution in [3.8, 4) is 0 Å². The number of imidazole rings is 1. The van der Waals surface area contributed by atoms with E-state index in [1.165, 1.54) is 18.7 Å². The fourth-order valence-corrected chi connectivity index (χ4v) is 1.87. The summed E-state index contributed by atoms with van der Waals surface area (Å²) < 4.78 is 37.7. The monoisotopic (exact) mass is 302 g/mol. The molecule has 3 N–H and O–H groups in total. The molecule has 0 aliphatic carbocycles. The predicted octanol–water partition coefficient (Wildman–Crippen LogP) is 1.39. The molecule has 0 radical (unpaired) electrons. The third kappa shape index (κ3) is 2.97. The van der Waals surface area contributed by atoms with E-state index in [2.05, 4.69) is 20.3 Å². The Bertz CT molecular complexity index is 666. The van der Waals surface area contributed by atoms with E-state index in [9.17, 15) is 23.1 Å². The lowest BCUT2D eigenvalue weighted by Gasteiger charge is -2.32. The standard InChI is InChI=1S/C12H13F3N4O2/c1-11(2,10(21)12(13,14)15)19-9(20)6-3-16-4-7-8(6)18-5-17-7/h3-5,10,21H,1-2H3,(H,17,18)(H,19,20). The highest BCUT2D eigenvalue weighted by atomic mass is 19.4. The molecule has 0 saturated heterocycles. The first-order chi connectivity index (χ1) is 9.63. The number of hydrogen-bond acceptors (Lipinski definition) is 4. The molecule has 1 atom stereocenters. The first-order valence-electron chi connectivity index (χ1n) is 5.97. The van der Waals surface area contributed by atoms with E-state index < -0.39 is 23.7 Å². The van der Waals surface area contributed by atoms with Crippen LogP contribution < -0.4 is 5.32 Å². The first-order valence-corrected chi connectivity index (χ1v) is 5.97. The summed E-state index contributed by atoms with van der Waals surface area (Å²) in [7, 11) is 0. The molecule has 0 aliphatic heterocycles. The van der Waals surface area contributed by atoms with E-state index in [1.807, 2.05) is 0 Å². The molecule has 0 bridgehead atoms. The second kappa shape index (κ2) is 4.99. The molecule has 0 saturated carbocycles. The van der Waals surface area contributed by atoms with Crippen molar-refractivity contribution in [1.29, 1.82) is 0 Å². The molecule has 6 nitrogen and oxygen atoms in total. The molecule has 0 aromatic carbocycles. The Morgan fingerprint density at radius 3 is 2.67 bits per heavy atom. The van der Waals surface area contributed by atoms with Crippen LogP contribution in [0.4, 0.5) is 13.2 Å². The van der Waals surface area contributed by atoms with Crippen molar-refractivity contribution in [2.75, 3.05) is 0 Å². The Balaban J connectivity index is 2.27. The van der Waals surface area contributed by atoms with Gasteiger partial charge in [-0.3, -0.25) is 9.78 Å². The van der Waals surface area contributed by atoms with Crippen LogP contribution in [0.1, 0.15) is 24.2 Å². The third-order valence-electron chi connectivity index (χ3n) is 3.01. The molecule has 2 aromatic rings. The Labute approximate surface area is 117 Å². The number of aliphatic hydroxyl groups is 1. The fourth-order valence-electron chi connectivity index (χ4n) is 1.87. The van der Waals surface area contributed by atoms with Gasteiger partial charge in [-0.25, -0.2) is 4.98 Å². The van der Waals surface area contributed by atoms with Crippen LogP contribution in [0.25, 0.3) is 11.0 Å². The highest BCUT2D eigenvalue weighted by Gasteiger charge is 2.48. The Kier molecular flexibility index (Phi) is 3.62. The Morgan fingerprint density at radius 2 is 2.05 bits per heavy atom. The van der Waals surface area contributed by atoms with Crippen LogP contribution >= 0.6 is 0 Å². The zero-order valence-electron chi connectivity index (χ0n) is 11.2. The smallest absolute Gasteiger partial charge is 0.382 e. The minimum Gasteiger partial charge on any atom is -0.382 e. The fraction of sp³-hybridized carbons (Fsp3) is 0.417. The SMILES string of the molecule is CC(C)(NC(=O)c1cncc2[nH]cnc12)C(O)C(F)(F)F. The van der Waals surface area contributed by atoms with Crippen LogP contribution in [0.5, 0.6) is 0 Å². The molecule has 2 aromatic heterocycles. The highest BCUT2D eigenvalue weighted by molar-refractivity contribution is 6.04. The number of aliphatic hydroxyl groups excluding tert-OH is 1. The van der Waals surface area contributed by atoms with Gasteiger partial charge in [0.1, 0.15) is 5.52 Å². The van der Waals surface area contributed by atoms with Crippen LogP contribution in [0.15, 0.2) is 18.7 Å². The molecule has 21 heavy (non-hydrogen) atoms. The molecule has 0 spiro atoms. The molecule has 9 heteroatoms. The van der Waals surface area contributed by atoms with E-state index in [1.54, 1.807) is 0 Å². The lowest BCUT2D eigenvalue weighted by molar-refractivity contribution is -0.222. The van der Waals surface area contributed by atoms with Gasteiger partial charge >= 0.3 is 6.18 Å². The molecular formula is C12H13F3N4O2. The number of H-pyrrole nitrogens is 1. The zero-order chi connectivity index (χ0) is 15.8. The summed E-state index contributed by atoms with van der Waals surface area (Å²) in [6, 6.07) is 0. The zero-order valence-corrected chi connectivity index (χ0v) is 11.2. The van der Waals surface area contributed by atoms with Crippen molar-refractivity contribution in [3.05, 3.63) is 24.3 Å². The van der Waals surface area contributed by atoms with Crippen LogP contribution in [0.3, 0.4) is 0 Å². The predicted molar refractivity (Wildman–Crippen MR) is 67.5 cm³/mol. The minimum absolute atomic E-state index is 0.0243. The van der Waals surface area contributed by atoms with Gasteiger partial charge in [-0.05, 0) is 13.8 Å². The first kappa shape index (κ1) is 15.2. The largest absolute Gasteiger partial charge is 0.416 e. The number of amides is 1.